The van der Waals surface area contributed by atoms with Gasteiger partial charge in [-0.05, 0) is 53.3 Å². The Labute approximate surface area is 197 Å². The van der Waals surface area contributed by atoms with Gasteiger partial charge in [0, 0.05) is 17.0 Å². The van der Waals surface area contributed by atoms with Crippen molar-refractivity contribution in [3.8, 4) is 0 Å². The van der Waals surface area contributed by atoms with Crippen LogP contribution in [0.2, 0.25) is 0 Å². The highest BCUT2D eigenvalue weighted by Gasteiger charge is 2.42. The zero-order valence-corrected chi connectivity index (χ0v) is 19.3. The van der Waals surface area contributed by atoms with Crippen LogP contribution >= 0.6 is 11.3 Å². The van der Waals surface area contributed by atoms with Crippen molar-refractivity contribution in [1.82, 2.24) is 0 Å². The molecule has 1 saturated heterocycles. The minimum Gasteiger partial charge on any atom is -0.461 e. The molecule has 0 bridgehead atoms. The summed E-state index contributed by atoms with van der Waals surface area (Å²) in [6.07, 6.45) is 0.807. The molecule has 0 spiro atoms. The van der Waals surface area contributed by atoms with E-state index in [9.17, 15) is 9.59 Å². The lowest BCUT2D eigenvalue weighted by Gasteiger charge is -2.39. The topological polar surface area (TPSA) is 46.6 Å². The summed E-state index contributed by atoms with van der Waals surface area (Å²) in [4.78, 5) is 29.2. The van der Waals surface area contributed by atoms with E-state index in [1.807, 2.05) is 79.0 Å². The fourth-order valence-corrected chi connectivity index (χ4v) is 5.49. The number of thiophene rings is 1. The fraction of sp³-hybridized carbons (Fsp3) is 0.214. The molecule has 1 fully saturated rings. The van der Waals surface area contributed by atoms with E-state index in [2.05, 4.69) is 12.1 Å². The van der Waals surface area contributed by atoms with Crippen LogP contribution in [0.1, 0.15) is 34.9 Å². The van der Waals surface area contributed by atoms with Gasteiger partial charge in [0.15, 0.2) is 0 Å². The van der Waals surface area contributed by atoms with Gasteiger partial charge in [-0.1, -0.05) is 66.2 Å². The summed E-state index contributed by atoms with van der Waals surface area (Å²) < 4.78 is 5.87. The van der Waals surface area contributed by atoms with Gasteiger partial charge in [0.2, 0.25) is 5.91 Å². The lowest BCUT2D eigenvalue weighted by atomic mass is 9.87. The van der Waals surface area contributed by atoms with Gasteiger partial charge in [0.1, 0.15) is 6.61 Å². The molecule has 0 saturated carbocycles. The summed E-state index contributed by atoms with van der Waals surface area (Å²) in [5.74, 6) is -0.640. The number of carbonyl (C=O) groups is 2. The molecule has 0 radical (unpaired) electrons. The van der Waals surface area contributed by atoms with Crippen molar-refractivity contribution in [3.63, 3.8) is 0 Å². The fourth-order valence-electron chi connectivity index (χ4n) is 4.61. The third-order valence-corrected chi connectivity index (χ3v) is 7.24. The molecule has 1 aromatic heterocycles. The number of nitrogens with zero attached hydrogens (tertiary/aromatic N) is 1. The number of anilines is 1. The Morgan fingerprint density at radius 2 is 1.79 bits per heavy atom. The van der Waals surface area contributed by atoms with Crippen molar-refractivity contribution >= 4 is 39.7 Å². The van der Waals surface area contributed by atoms with Crippen molar-refractivity contribution in [2.75, 3.05) is 4.90 Å². The minimum absolute atomic E-state index is 0.0374. The maximum atomic E-state index is 13.4. The number of ether oxygens (including phenoxy) is 1. The first-order chi connectivity index (χ1) is 16.1. The van der Waals surface area contributed by atoms with Gasteiger partial charge in [0.25, 0.3) is 0 Å². The number of hydrogen-bond donors (Lipinski definition) is 0. The number of carbonyl (C=O) groups excluding carboxylic acids is 2. The van der Waals surface area contributed by atoms with Crippen LogP contribution in [0.3, 0.4) is 0 Å². The largest absolute Gasteiger partial charge is 0.461 e. The average molecular weight is 456 g/mol. The summed E-state index contributed by atoms with van der Waals surface area (Å²) in [5.41, 5.74) is 2.92. The third kappa shape index (κ3) is 4.29. The first-order valence-corrected chi connectivity index (χ1v) is 12.1. The van der Waals surface area contributed by atoms with Crippen LogP contribution in [0.5, 0.6) is 0 Å². The molecule has 1 aliphatic heterocycles. The lowest BCUT2D eigenvalue weighted by molar-refractivity contribution is -0.152. The lowest BCUT2D eigenvalue weighted by Crippen LogP contribution is -2.45. The van der Waals surface area contributed by atoms with E-state index < -0.39 is 5.92 Å². The Kier molecular flexibility index (Phi) is 5.97. The molecule has 4 aromatic rings. The maximum Gasteiger partial charge on any atom is 0.311 e. The zero-order valence-electron chi connectivity index (χ0n) is 18.4. The number of fused-ring (bicyclic) bond motifs is 1. The standard InChI is InChI=1S/C28H25NO3S/c1-19-11-13-22(14-12-19)29-26(30)16-15-24(27(29)25-10-5-17-33-25)28(31)32-18-21-8-4-7-20-6-2-3-9-23(20)21/h2-14,17,24,27H,15-16,18H2,1H3/t24-,27-/m1/s1. The van der Waals surface area contributed by atoms with Gasteiger partial charge in [-0.3, -0.25) is 9.59 Å². The number of aryl methyl sites for hydroxylation is 1. The van der Waals surface area contributed by atoms with Crippen LogP contribution < -0.4 is 4.90 Å². The highest BCUT2D eigenvalue weighted by molar-refractivity contribution is 7.10. The highest BCUT2D eigenvalue weighted by Crippen LogP contribution is 2.42. The van der Waals surface area contributed by atoms with E-state index >= 15 is 0 Å². The summed E-state index contributed by atoms with van der Waals surface area (Å²) >= 11 is 1.57. The molecular weight excluding hydrogens is 430 g/mol. The van der Waals surface area contributed by atoms with E-state index in [4.69, 9.17) is 4.74 Å². The van der Waals surface area contributed by atoms with E-state index in [1.165, 1.54) is 0 Å². The normalized spacial score (nSPS) is 18.5. The summed E-state index contributed by atoms with van der Waals surface area (Å²) in [6.45, 7) is 2.23. The van der Waals surface area contributed by atoms with Gasteiger partial charge < -0.3 is 9.64 Å². The first-order valence-electron chi connectivity index (χ1n) is 11.2. The number of rotatable bonds is 5. The van der Waals surface area contributed by atoms with Crippen LogP contribution in [0, 0.1) is 12.8 Å². The zero-order chi connectivity index (χ0) is 22.8. The molecule has 5 heteroatoms. The molecule has 5 rings (SSSR count). The number of amides is 1. The molecule has 3 aromatic carbocycles. The monoisotopic (exact) mass is 455 g/mol. The van der Waals surface area contributed by atoms with Crippen molar-refractivity contribution in [2.45, 2.75) is 32.4 Å². The van der Waals surface area contributed by atoms with E-state index in [-0.39, 0.29) is 24.5 Å². The van der Waals surface area contributed by atoms with Gasteiger partial charge in [-0.25, -0.2) is 0 Å². The van der Waals surface area contributed by atoms with Gasteiger partial charge in [0.05, 0.1) is 12.0 Å². The van der Waals surface area contributed by atoms with Crippen molar-refractivity contribution in [3.05, 3.63) is 100 Å². The van der Waals surface area contributed by atoms with E-state index in [0.29, 0.717) is 12.8 Å². The summed E-state index contributed by atoms with van der Waals surface area (Å²) in [7, 11) is 0. The number of piperidine rings is 1. The number of benzene rings is 3. The van der Waals surface area contributed by atoms with Crippen LogP contribution in [0.15, 0.2) is 84.2 Å². The van der Waals surface area contributed by atoms with Crippen LogP contribution in [-0.2, 0) is 20.9 Å². The highest BCUT2D eigenvalue weighted by atomic mass is 32.1. The molecule has 2 atom stereocenters. The predicted molar refractivity (Wildman–Crippen MR) is 132 cm³/mol. The van der Waals surface area contributed by atoms with E-state index in [1.54, 1.807) is 16.2 Å². The quantitative estimate of drug-likeness (QED) is 0.326. The van der Waals surface area contributed by atoms with Crippen molar-refractivity contribution < 1.29 is 14.3 Å². The van der Waals surface area contributed by atoms with Crippen LogP contribution in [0.25, 0.3) is 10.8 Å². The number of esters is 1. The van der Waals surface area contributed by atoms with Gasteiger partial charge in [-0.15, -0.1) is 11.3 Å². The molecule has 0 unspecified atom stereocenters. The van der Waals surface area contributed by atoms with Gasteiger partial charge in [-0.2, -0.15) is 0 Å². The molecule has 2 heterocycles. The molecule has 4 nitrogen and oxygen atoms in total. The Hall–Kier alpha value is -3.44. The first kappa shape index (κ1) is 21.4. The average Bonchev–Trinajstić information content (AvgIpc) is 3.38. The predicted octanol–water partition coefficient (Wildman–Crippen LogP) is 6.44. The third-order valence-electron chi connectivity index (χ3n) is 6.30. The minimum atomic E-state index is -0.419. The second kappa shape index (κ2) is 9.20. The Morgan fingerprint density at radius 3 is 2.58 bits per heavy atom. The molecule has 1 amide bonds. The molecule has 0 N–H and O–H groups in total. The maximum absolute atomic E-state index is 13.4. The molecular formula is C28H25NO3S. The second-order valence-electron chi connectivity index (χ2n) is 8.45. The molecule has 166 valence electrons. The summed E-state index contributed by atoms with van der Waals surface area (Å²) in [5, 5.41) is 4.19. The van der Waals surface area contributed by atoms with E-state index in [0.717, 1.165) is 32.5 Å². The smallest absolute Gasteiger partial charge is 0.311 e. The molecule has 33 heavy (non-hydrogen) atoms. The molecule has 0 aliphatic carbocycles. The Balaban J connectivity index is 1.43. The van der Waals surface area contributed by atoms with Crippen molar-refractivity contribution in [2.24, 2.45) is 5.92 Å². The second-order valence-corrected chi connectivity index (χ2v) is 9.43. The van der Waals surface area contributed by atoms with Gasteiger partial charge >= 0.3 is 5.97 Å². The summed E-state index contributed by atoms with van der Waals surface area (Å²) in [6, 6.07) is 25.6. The van der Waals surface area contributed by atoms with Crippen LogP contribution in [-0.4, -0.2) is 11.9 Å². The Morgan fingerprint density at radius 1 is 1.00 bits per heavy atom. The Bertz CT molecular complexity index is 1280. The number of hydrogen-bond acceptors (Lipinski definition) is 4. The SMILES string of the molecule is Cc1ccc(N2C(=O)CC[C@@H](C(=O)OCc3cccc4ccccc34)[C@@H]2c2cccs2)cc1. The van der Waals surface area contributed by atoms with Crippen LogP contribution in [0.4, 0.5) is 5.69 Å². The van der Waals surface area contributed by atoms with Crippen molar-refractivity contribution in [1.29, 1.82) is 0 Å². The molecule has 1 aliphatic rings.